The quantitative estimate of drug-likeness (QED) is 0.841. The maximum Gasteiger partial charge on any atom is 0.0297 e. The first-order chi connectivity index (χ1) is 8.63. The summed E-state index contributed by atoms with van der Waals surface area (Å²) >= 11 is 0. The fraction of sp³-hybridized carbons (Fsp3) is 0.647. The van der Waals surface area contributed by atoms with Crippen molar-refractivity contribution >= 4 is 0 Å². The van der Waals surface area contributed by atoms with Gasteiger partial charge in [0.05, 0.1) is 0 Å². The lowest BCUT2D eigenvalue weighted by Crippen LogP contribution is -2.35. The minimum atomic E-state index is 0.495. The molecule has 2 fully saturated rings. The predicted molar refractivity (Wildman–Crippen MR) is 76.7 cm³/mol. The zero-order valence-electron chi connectivity index (χ0n) is 11.9. The Morgan fingerprint density at radius 2 is 2.00 bits per heavy atom. The van der Waals surface area contributed by atoms with Crippen molar-refractivity contribution in [2.75, 3.05) is 0 Å². The molecule has 1 N–H and O–H groups in total. The van der Waals surface area contributed by atoms with Gasteiger partial charge in [0.1, 0.15) is 0 Å². The molecule has 0 amide bonds. The first kappa shape index (κ1) is 12.2. The third-order valence-electron chi connectivity index (χ3n) is 5.09. The van der Waals surface area contributed by atoms with Crippen LogP contribution in [0.15, 0.2) is 18.2 Å². The summed E-state index contributed by atoms with van der Waals surface area (Å²) in [7, 11) is 0. The van der Waals surface area contributed by atoms with Gasteiger partial charge in [0, 0.05) is 12.1 Å². The van der Waals surface area contributed by atoms with Gasteiger partial charge in [-0.25, -0.2) is 0 Å². The van der Waals surface area contributed by atoms with Gasteiger partial charge in [-0.2, -0.15) is 0 Å². The number of nitrogens with one attached hydrogen (secondary N) is 1. The largest absolute Gasteiger partial charge is 0.307 e. The molecular weight excluding hydrogens is 218 g/mol. The van der Waals surface area contributed by atoms with Crippen LogP contribution in [0.2, 0.25) is 0 Å². The summed E-state index contributed by atoms with van der Waals surface area (Å²) in [5.74, 6) is 1.99. The standard InChI is InChI=1S/C17H25N/c1-11-4-7-16(12(2)8-11)13(3)18-17-10-14-5-6-15(17)9-14/h4,7-8,13-15,17-18H,5-6,9-10H2,1-3H3. The van der Waals surface area contributed by atoms with Gasteiger partial charge in [0.2, 0.25) is 0 Å². The fourth-order valence-electron chi connectivity index (χ4n) is 4.17. The Kier molecular flexibility index (Phi) is 3.19. The number of hydrogen-bond acceptors (Lipinski definition) is 1. The van der Waals surface area contributed by atoms with E-state index in [4.69, 9.17) is 0 Å². The number of rotatable bonds is 3. The fourth-order valence-corrected chi connectivity index (χ4v) is 4.17. The highest BCUT2D eigenvalue weighted by Gasteiger charge is 2.39. The van der Waals surface area contributed by atoms with Crippen LogP contribution in [0.3, 0.4) is 0 Å². The summed E-state index contributed by atoms with van der Waals surface area (Å²) in [5.41, 5.74) is 4.27. The van der Waals surface area contributed by atoms with E-state index in [9.17, 15) is 0 Å². The summed E-state index contributed by atoms with van der Waals surface area (Å²) in [4.78, 5) is 0. The van der Waals surface area contributed by atoms with Crippen LogP contribution in [0.25, 0.3) is 0 Å². The molecule has 4 atom stereocenters. The van der Waals surface area contributed by atoms with E-state index in [-0.39, 0.29) is 0 Å². The topological polar surface area (TPSA) is 12.0 Å². The van der Waals surface area contributed by atoms with Crippen LogP contribution in [0, 0.1) is 25.7 Å². The number of benzene rings is 1. The summed E-state index contributed by atoms with van der Waals surface area (Å²) < 4.78 is 0. The van der Waals surface area contributed by atoms with Crippen LogP contribution < -0.4 is 5.32 Å². The molecule has 18 heavy (non-hydrogen) atoms. The lowest BCUT2D eigenvalue weighted by Gasteiger charge is -2.28. The van der Waals surface area contributed by atoms with Crippen LogP contribution in [0.4, 0.5) is 0 Å². The van der Waals surface area contributed by atoms with Crippen molar-refractivity contribution in [2.24, 2.45) is 11.8 Å². The van der Waals surface area contributed by atoms with E-state index in [1.54, 1.807) is 0 Å². The smallest absolute Gasteiger partial charge is 0.0297 e. The number of aryl methyl sites for hydroxylation is 2. The molecular formula is C17H25N. The van der Waals surface area contributed by atoms with Gasteiger partial charge in [-0.3, -0.25) is 0 Å². The molecule has 1 aromatic rings. The van der Waals surface area contributed by atoms with Crippen molar-refractivity contribution in [3.8, 4) is 0 Å². The molecule has 0 aliphatic heterocycles. The van der Waals surface area contributed by atoms with Gasteiger partial charge in [-0.05, 0) is 63.0 Å². The van der Waals surface area contributed by atoms with Crippen molar-refractivity contribution in [2.45, 2.75) is 58.5 Å². The Labute approximate surface area is 111 Å². The molecule has 3 rings (SSSR count). The highest BCUT2D eigenvalue weighted by molar-refractivity contribution is 5.32. The van der Waals surface area contributed by atoms with Crippen LogP contribution >= 0.6 is 0 Å². The lowest BCUT2D eigenvalue weighted by atomic mass is 9.93. The monoisotopic (exact) mass is 243 g/mol. The average molecular weight is 243 g/mol. The van der Waals surface area contributed by atoms with Crippen molar-refractivity contribution in [1.29, 1.82) is 0 Å². The van der Waals surface area contributed by atoms with E-state index in [2.05, 4.69) is 44.3 Å². The van der Waals surface area contributed by atoms with Gasteiger partial charge < -0.3 is 5.32 Å². The summed E-state index contributed by atoms with van der Waals surface area (Å²) in [6.45, 7) is 6.73. The van der Waals surface area contributed by atoms with Crippen LogP contribution in [0.1, 0.15) is 55.3 Å². The van der Waals surface area contributed by atoms with E-state index < -0.39 is 0 Å². The first-order valence-electron chi connectivity index (χ1n) is 7.46. The molecule has 0 saturated heterocycles. The van der Waals surface area contributed by atoms with Gasteiger partial charge in [0.25, 0.3) is 0 Å². The van der Waals surface area contributed by atoms with Gasteiger partial charge >= 0.3 is 0 Å². The molecule has 98 valence electrons. The molecule has 2 saturated carbocycles. The third kappa shape index (κ3) is 2.21. The summed E-state index contributed by atoms with van der Waals surface area (Å²) in [6.07, 6.45) is 5.85. The second kappa shape index (κ2) is 4.70. The van der Waals surface area contributed by atoms with Crippen molar-refractivity contribution in [3.05, 3.63) is 34.9 Å². The van der Waals surface area contributed by atoms with Crippen LogP contribution in [-0.4, -0.2) is 6.04 Å². The van der Waals surface area contributed by atoms with E-state index in [1.807, 2.05) is 0 Å². The van der Waals surface area contributed by atoms with Gasteiger partial charge in [-0.1, -0.05) is 30.2 Å². The minimum absolute atomic E-state index is 0.495. The molecule has 0 heterocycles. The Balaban J connectivity index is 1.69. The molecule has 1 heteroatoms. The molecule has 0 radical (unpaired) electrons. The second-order valence-electron chi connectivity index (χ2n) is 6.53. The molecule has 0 aromatic heterocycles. The highest BCUT2D eigenvalue weighted by Crippen LogP contribution is 2.45. The van der Waals surface area contributed by atoms with Crippen molar-refractivity contribution < 1.29 is 0 Å². The summed E-state index contributed by atoms with van der Waals surface area (Å²) in [5, 5.41) is 3.89. The molecule has 0 spiro atoms. The Hall–Kier alpha value is -0.820. The van der Waals surface area contributed by atoms with Crippen LogP contribution in [-0.2, 0) is 0 Å². The molecule has 2 aliphatic carbocycles. The molecule has 4 unspecified atom stereocenters. The highest BCUT2D eigenvalue weighted by atomic mass is 15.0. The second-order valence-corrected chi connectivity index (χ2v) is 6.53. The Morgan fingerprint density at radius 1 is 1.17 bits per heavy atom. The molecule has 1 nitrogen and oxygen atoms in total. The van der Waals surface area contributed by atoms with Gasteiger partial charge in [-0.15, -0.1) is 0 Å². The van der Waals surface area contributed by atoms with Crippen LogP contribution in [0.5, 0.6) is 0 Å². The van der Waals surface area contributed by atoms with E-state index >= 15 is 0 Å². The number of fused-ring (bicyclic) bond motifs is 2. The number of hydrogen-bond donors (Lipinski definition) is 1. The maximum absolute atomic E-state index is 3.89. The Bertz CT molecular complexity index is 437. The predicted octanol–water partition coefficient (Wildman–Crippen LogP) is 4.14. The van der Waals surface area contributed by atoms with E-state index in [0.717, 1.165) is 17.9 Å². The lowest BCUT2D eigenvalue weighted by molar-refractivity contribution is 0.326. The molecule has 1 aromatic carbocycles. The van der Waals surface area contributed by atoms with Crippen molar-refractivity contribution in [1.82, 2.24) is 5.32 Å². The third-order valence-corrected chi connectivity index (χ3v) is 5.09. The zero-order valence-corrected chi connectivity index (χ0v) is 11.9. The van der Waals surface area contributed by atoms with E-state index in [1.165, 1.54) is 42.4 Å². The first-order valence-corrected chi connectivity index (χ1v) is 7.46. The SMILES string of the molecule is Cc1ccc(C(C)NC2CC3CCC2C3)c(C)c1. The van der Waals surface area contributed by atoms with Crippen molar-refractivity contribution in [3.63, 3.8) is 0 Å². The molecule has 2 bridgehead atoms. The minimum Gasteiger partial charge on any atom is -0.307 e. The average Bonchev–Trinajstić information content (AvgIpc) is 2.90. The molecule has 2 aliphatic rings. The Morgan fingerprint density at radius 3 is 2.61 bits per heavy atom. The van der Waals surface area contributed by atoms with E-state index in [0.29, 0.717) is 6.04 Å². The normalized spacial score (nSPS) is 31.8. The summed E-state index contributed by atoms with van der Waals surface area (Å²) in [6, 6.07) is 8.11. The maximum atomic E-state index is 3.89. The zero-order chi connectivity index (χ0) is 12.7. The van der Waals surface area contributed by atoms with Gasteiger partial charge in [0.15, 0.2) is 0 Å².